The number of aliphatic hydroxyl groups is 1. The van der Waals surface area contributed by atoms with Gasteiger partial charge >= 0.3 is 6.03 Å². The number of benzene rings is 2. The zero-order valence-corrected chi connectivity index (χ0v) is 18.7. The fourth-order valence-corrected chi connectivity index (χ4v) is 3.76. The van der Waals surface area contributed by atoms with Gasteiger partial charge in [0, 0.05) is 29.1 Å². The number of methoxy groups -OCH3 is 1. The lowest BCUT2D eigenvalue weighted by Gasteiger charge is -2.42. The number of amides is 3. The molecule has 1 aliphatic heterocycles. The number of quaternary nitrogens is 1. The molecule has 0 fully saturated rings. The molecule has 0 saturated carbocycles. The van der Waals surface area contributed by atoms with E-state index in [2.05, 4.69) is 26.6 Å². The summed E-state index contributed by atoms with van der Waals surface area (Å²) in [6, 6.07) is 11.0. The molecule has 3 amide bonds. The Labute approximate surface area is 183 Å². The number of nitrogens with one attached hydrogen (secondary N) is 3. The molecule has 0 aliphatic carbocycles. The Bertz CT molecular complexity index is 952. The Morgan fingerprint density at radius 1 is 1.30 bits per heavy atom. The molecule has 0 saturated heterocycles. The zero-order valence-electron chi connectivity index (χ0n) is 17.2. The predicted molar refractivity (Wildman–Crippen MR) is 118 cm³/mol. The molecular formula is C21H26BrN4O4+. The monoisotopic (exact) mass is 477 g/mol. The van der Waals surface area contributed by atoms with Crippen molar-refractivity contribution < 1.29 is 24.3 Å². The summed E-state index contributed by atoms with van der Waals surface area (Å²) in [5.74, 6) is -0.176. The van der Waals surface area contributed by atoms with Crippen LogP contribution in [0.15, 0.2) is 46.9 Å². The molecule has 2 aromatic rings. The fourth-order valence-electron chi connectivity index (χ4n) is 3.40. The van der Waals surface area contributed by atoms with Crippen molar-refractivity contribution in [3.63, 3.8) is 0 Å². The van der Waals surface area contributed by atoms with Crippen LogP contribution in [0.3, 0.4) is 0 Å². The molecule has 30 heavy (non-hydrogen) atoms. The van der Waals surface area contributed by atoms with E-state index in [1.807, 2.05) is 14.1 Å². The molecule has 1 atom stereocenters. The van der Waals surface area contributed by atoms with Crippen molar-refractivity contribution in [2.45, 2.75) is 12.1 Å². The van der Waals surface area contributed by atoms with Crippen molar-refractivity contribution in [3.05, 3.63) is 52.5 Å². The second kappa shape index (κ2) is 9.03. The van der Waals surface area contributed by atoms with Gasteiger partial charge in [-0.05, 0) is 30.3 Å². The Morgan fingerprint density at radius 3 is 2.77 bits per heavy atom. The highest BCUT2D eigenvalue weighted by molar-refractivity contribution is 9.10. The molecule has 0 bridgehead atoms. The highest BCUT2D eigenvalue weighted by atomic mass is 79.9. The number of halogens is 1. The Balaban J connectivity index is 2.05. The van der Waals surface area contributed by atoms with Crippen molar-refractivity contribution in [1.82, 2.24) is 5.32 Å². The number of ether oxygens (including phenoxy) is 1. The number of carbonyl (C=O) groups excluding carboxylic acids is 2. The third-order valence-corrected chi connectivity index (χ3v) is 5.39. The summed E-state index contributed by atoms with van der Waals surface area (Å²) in [7, 11) is 5.56. The van der Waals surface area contributed by atoms with Gasteiger partial charge in [0.1, 0.15) is 5.75 Å². The summed E-state index contributed by atoms with van der Waals surface area (Å²) in [5, 5.41) is 17.3. The number of hydrogen-bond donors (Lipinski definition) is 4. The summed E-state index contributed by atoms with van der Waals surface area (Å²) >= 11 is 3.39. The maximum Gasteiger partial charge on any atom is 0.329 e. The number of rotatable bonds is 7. The van der Waals surface area contributed by atoms with E-state index in [1.54, 1.807) is 42.5 Å². The average molecular weight is 478 g/mol. The first kappa shape index (κ1) is 22.1. The maximum atomic E-state index is 13.3. The van der Waals surface area contributed by atoms with Crippen molar-refractivity contribution in [3.8, 4) is 5.75 Å². The van der Waals surface area contributed by atoms with Gasteiger partial charge in [-0.15, -0.1) is 0 Å². The molecule has 1 heterocycles. The average Bonchev–Trinajstić information content (AvgIpc) is 2.71. The van der Waals surface area contributed by atoms with E-state index >= 15 is 0 Å². The number of nitrogens with zero attached hydrogens (tertiary/aromatic N) is 1. The minimum Gasteiger partial charge on any atom is -0.497 e. The summed E-state index contributed by atoms with van der Waals surface area (Å²) in [5.41, 5.74) is -1.26. The first-order valence-corrected chi connectivity index (χ1v) is 10.4. The van der Waals surface area contributed by atoms with Gasteiger partial charge in [0.05, 0.1) is 39.1 Å². The van der Waals surface area contributed by atoms with Crippen LogP contribution < -0.4 is 25.2 Å². The van der Waals surface area contributed by atoms with Crippen LogP contribution in [0, 0.1) is 0 Å². The van der Waals surface area contributed by atoms with Crippen LogP contribution in [0.2, 0.25) is 0 Å². The largest absolute Gasteiger partial charge is 0.497 e. The van der Waals surface area contributed by atoms with Crippen molar-refractivity contribution in [2.75, 3.05) is 44.5 Å². The van der Waals surface area contributed by atoms with Crippen molar-refractivity contribution >= 4 is 39.2 Å². The van der Waals surface area contributed by atoms with Gasteiger partial charge < -0.3 is 25.4 Å². The van der Waals surface area contributed by atoms with Gasteiger partial charge in [-0.25, -0.2) is 4.79 Å². The van der Waals surface area contributed by atoms with E-state index in [1.165, 1.54) is 12.0 Å². The van der Waals surface area contributed by atoms with Gasteiger partial charge in [-0.1, -0.05) is 22.0 Å². The molecule has 0 radical (unpaired) electrons. The van der Waals surface area contributed by atoms with Crippen LogP contribution in [0.5, 0.6) is 5.75 Å². The quantitative estimate of drug-likeness (QED) is 0.452. The lowest BCUT2D eigenvalue weighted by atomic mass is 9.94. The van der Waals surface area contributed by atoms with Gasteiger partial charge in [0.15, 0.2) is 0 Å². The molecule has 160 valence electrons. The number of carbonyl (C=O) groups is 2. The number of urea groups is 1. The first-order valence-electron chi connectivity index (χ1n) is 9.62. The second-order valence-corrected chi connectivity index (χ2v) is 8.31. The number of hydrogen-bond acceptors (Lipinski definition) is 4. The minimum atomic E-state index is -2.24. The van der Waals surface area contributed by atoms with Crippen LogP contribution in [-0.2, 0) is 10.5 Å². The SMILES string of the molecule is COc1cccc(N2C(=O)Nc3ccc(Br)cc3C2(O)C(=O)NCCC[NH+](C)C)c1. The predicted octanol–water partition coefficient (Wildman–Crippen LogP) is 1.31. The number of fused-ring (bicyclic) bond motifs is 1. The Kier molecular flexibility index (Phi) is 6.64. The third kappa shape index (κ3) is 4.28. The van der Waals surface area contributed by atoms with Gasteiger partial charge in [0.2, 0.25) is 0 Å². The normalized spacial score (nSPS) is 18.1. The molecule has 1 aliphatic rings. The van der Waals surface area contributed by atoms with E-state index in [0.29, 0.717) is 28.1 Å². The van der Waals surface area contributed by atoms with Crippen LogP contribution in [0.25, 0.3) is 0 Å². The van der Waals surface area contributed by atoms with Crippen molar-refractivity contribution in [2.24, 2.45) is 0 Å². The van der Waals surface area contributed by atoms with Crippen LogP contribution in [-0.4, -0.2) is 51.3 Å². The second-order valence-electron chi connectivity index (χ2n) is 7.40. The van der Waals surface area contributed by atoms with E-state index in [-0.39, 0.29) is 5.56 Å². The van der Waals surface area contributed by atoms with Gasteiger partial charge in [-0.2, -0.15) is 0 Å². The standard InChI is InChI=1S/C21H25BrN4O4/c1-25(2)11-5-10-23-19(27)21(29)17-12-14(22)8-9-18(17)24-20(28)26(21)15-6-4-7-16(13-15)30-3/h4,6-9,12-13,29H,5,10-11H2,1-3H3,(H,23,27)(H,24,28)/p+1. The topological polar surface area (TPSA) is 95.3 Å². The molecule has 1 unspecified atom stereocenters. The van der Waals surface area contributed by atoms with E-state index in [4.69, 9.17) is 4.74 Å². The van der Waals surface area contributed by atoms with Gasteiger partial charge in [0.25, 0.3) is 11.6 Å². The molecule has 9 heteroatoms. The smallest absolute Gasteiger partial charge is 0.329 e. The summed E-state index contributed by atoms with van der Waals surface area (Å²) < 4.78 is 5.92. The van der Waals surface area contributed by atoms with E-state index < -0.39 is 17.7 Å². The third-order valence-electron chi connectivity index (χ3n) is 4.89. The van der Waals surface area contributed by atoms with Crippen molar-refractivity contribution in [1.29, 1.82) is 0 Å². The maximum absolute atomic E-state index is 13.3. The summed E-state index contributed by atoms with van der Waals surface area (Å²) in [6.45, 7) is 1.24. The van der Waals surface area contributed by atoms with Gasteiger partial charge in [-0.3, -0.25) is 9.69 Å². The minimum absolute atomic E-state index is 0.273. The molecule has 2 aromatic carbocycles. The zero-order chi connectivity index (χ0) is 21.9. The Hall–Kier alpha value is -2.62. The lowest BCUT2D eigenvalue weighted by Crippen LogP contribution is -3.05. The molecule has 3 rings (SSSR count). The van der Waals surface area contributed by atoms with E-state index in [0.717, 1.165) is 17.9 Å². The molecule has 0 aromatic heterocycles. The van der Waals surface area contributed by atoms with Crippen LogP contribution >= 0.6 is 15.9 Å². The van der Waals surface area contributed by atoms with Crippen LogP contribution in [0.4, 0.5) is 16.2 Å². The van der Waals surface area contributed by atoms with E-state index in [9.17, 15) is 14.7 Å². The lowest BCUT2D eigenvalue weighted by molar-refractivity contribution is -0.858. The number of anilines is 2. The highest BCUT2D eigenvalue weighted by Gasteiger charge is 2.52. The highest BCUT2D eigenvalue weighted by Crippen LogP contribution is 2.41. The Morgan fingerprint density at radius 2 is 2.07 bits per heavy atom. The summed E-state index contributed by atoms with van der Waals surface area (Å²) in [6.07, 6.45) is 0.737. The fraction of sp³-hybridized carbons (Fsp3) is 0.333. The summed E-state index contributed by atoms with van der Waals surface area (Å²) in [4.78, 5) is 28.6. The molecule has 0 spiro atoms. The van der Waals surface area contributed by atoms with Crippen LogP contribution in [0.1, 0.15) is 12.0 Å². The first-order chi connectivity index (χ1) is 14.3. The molecular weight excluding hydrogens is 452 g/mol. The molecule has 4 N–H and O–H groups in total. The molecule has 8 nitrogen and oxygen atoms in total.